The number of halogens is 4. The molecule has 1 atom stereocenters. The normalized spacial score (nSPS) is 18.3. The Morgan fingerprint density at radius 3 is 2.41 bits per heavy atom. The molecule has 1 aliphatic heterocycles. The number of anilines is 1. The van der Waals surface area contributed by atoms with E-state index in [4.69, 9.17) is 0 Å². The summed E-state index contributed by atoms with van der Waals surface area (Å²) in [5.41, 5.74) is -0.641. The van der Waals surface area contributed by atoms with E-state index < -0.39 is 23.7 Å². The zero-order valence-corrected chi connectivity index (χ0v) is 12.0. The highest BCUT2D eigenvalue weighted by Crippen LogP contribution is 2.36. The lowest BCUT2D eigenvalue weighted by Gasteiger charge is -2.36. The van der Waals surface area contributed by atoms with Gasteiger partial charge in [-0.3, -0.25) is 4.90 Å². The van der Waals surface area contributed by atoms with Gasteiger partial charge in [0.25, 0.3) is 0 Å². The molecule has 0 radical (unpaired) electrons. The average Bonchev–Trinajstić information content (AvgIpc) is 2.47. The third kappa shape index (κ3) is 3.59. The van der Waals surface area contributed by atoms with Gasteiger partial charge in [0.05, 0.1) is 5.69 Å². The minimum Gasteiger partial charge on any atom is -0.379 e. The summed E-state index contributed by atoms with van der Waals surface area (Å²) in [7, 11) is 0. The van der Waals surface area contributed by atoms with Crippen molar-refractivity contribution < 1.29 is 22.7 Å². The molecule has 0 bridgehead atoms. The van der Waals surface area contributed by atoms with Crippen LogP contribution in [0.2, 0.25) is 0 Å². The molecule has 1 saturated heterocycles. The fraction of sp³-hybridized carbons (Fsp3) is 0.467. The number of aliphatic hydroxyl groups excluding tert-OH is 1. The highest BCUT2D eigenvalue weighted by atomic mass is 19.4. The minimum atomic E-state index is -4.89. The summed E-state index contributed by atoms with van der Waals surface area (Å²) in [4.78, 5) is 3.82. The standard InChI is InChI=1S/C15H18F4N2O/c1-2-6-20-7-9-21(10-8-20)12-5-3-4-11(13(12)16)14(22)15(17,18)19/h2-5,14,22H,1,6-10H2. The number of alkyl halides is 3. The molecular weight excluding hydrogens is 300 g/mol. The van der Waals surface area contributed by atoms with E-state index in [1.54, 1.807) is 11.0 Å². The molecule has 0 aliphatic carbocycles. The van der Waals surface area contributed by atoms with Crippen LogP contribution in [0.4, 0.5) is 23.2 Å². The van der Waals surface area contributed by atoms with Crippen LogP contribution in [0.3, 0.4) is 0 Å². The fourth-order valence-corrected chi connectivity index (χ4v) is 2.52. The molecule has 3 nitrogen and oxygen atoms in total. The third-order valence-corrected chi connectivity index (χ3v) is 3.71. The predicted molar refractivity (Wildman–Crippen MR) is 76.3 cm³/mol. The van der Waals surface area contributed by atoms with Crippen molar-refractivity contribution in [2.75, 3.05) is 37.6 Å². The molecule has 7 heteroatoms. The van der Waals surface area contributed by atoms with Crippen LogP contribution in [0.25, 0.3) is 0 Å². The second kappa shape index (κ2) is 6.66. The van der Waals surface area contributed by atoms with Gasteiger partial charge in [0.2, 0.25) is 0 Å². The van der Waals surface area contributed by atoms with Gasteiger partial charge in [0.1, 0.15) is 0 Å². The Morgan fingerprint density at radius 2 is 1.86 bits per heavy atom. The predicted octanol–water partition coefficient (Wildman–Crippen LogP) is 2.73. The third-order valence-electron chi connectivity index (χ3n) is 3.71. The molecule has 1 fully saturated rings. The Labute approximate surface area is 126 Å². The molecule has 0 spiro atoms. The van der Waals surface area contributed by atoms with Gasteiger partial charge >= 0.3 is 6.18 Å². The Bertz CT molecular complexity index is 525. The van der Waals surface area contributed by atoms with E-state index in [0.717, 1.165) is 12.6 Å². The Morgan fingerprint density at radius 1 is 1.23 bits per heavy atom. The largest absolute Gasteiger partial charge is 0.418 e. The topological polar surface area (TPSA) is 26.7 Å². The smallest absolute Gasteiger partial charge is 0.379 e. The molecule has 122 valence electrons. The summed E-state index contributed by atoms with van der Waals surface area (Å²) in [5, 5.41) is 9.27. The van der Waals surface area contributed by atoms with Crippen molar-refractivity contribution in [3.63, 3.8) is 0 Å². The van der Waals surface area contributed by atoms with Gasteiger partial charge in [0.15, 0.2) is 11.9 Å². The Balaban J connectivity index is 2.18. The number of piperazine rings is 1. The maximum atomic E-state index is 14.4. The van der Waals surface area contributed by atoms with Crippen LogP contribution in [0, 0.1) is 5.82 Å². The molecule has 0 amide bonds. The van der Waals surface area contributed by atoms with Gasteiger partial charge in [-0.05, 0) is 6.07 Å². The van der Waals surface area contributed by atoms with Gasteiger partial charge in [-0.2, -0.15) is 13.2 Å². The van der Waals surface area contributed by atoms with Gasteiger partial charge < -0.3 is 10.0 Å². The molecule has 0 saturated carbocycles. The van der Waals surface area contributed by atoms with Crippen LogP contribution in [0.15, 0.2) is 30.9 Å². The Hall–Kier alpha value is -1.60. The van der Waals surface area contributed by atoms with Crippen molar-refractivity contribution in [2.24, 2.45) is 0 Å². The minimum absolute atomic E-state index is 0.0963. The van der Waals surface area contributed by atoms with E-state index in [9.17, 15) is 22.7 Å². The lowest BCUT2D eigenvalue weighted by Crippen LogP contribution is -2.46. The average molecular weight is 318 g/mol. The first-order chi connectivity index (χ1) is 10.3. The van der Waals surface area contributed by atoms with Crippen LogP contribution in [-0.4, -0.2) is 48.9 Å². The van der Waals surface area contributed by atoms with Crippen molar-refractivity contribution in [1.82, 2.24) is 4.90 Å². The first-order valence-corrected chi connectivity index (χ1v) is 6.96. The van der Waals surface area contributed by atoms with Crippen molar-refractivity contribution in [3.05, 3.63) is 42.2 Å². The maximum Gasteiger partial charge on any atom is 0.418 e. The lowest BCUT2D eigenvalue weighted by molar-refractivity contribution is -0.207. The molecule has 1 aliphatic rings. The molecule has 1 unspecified atom stereocenters. The summed E-state index contributed by atoms with van der Waals surface area (Å²) >= 11 is 0. The summed E-state index contributed by atoms with van der Waals surface area (Å²) in [6.45, 7) is 6.75. The summed E-state index contributed by atoms with van der Waals surface area (Å²) in [6.07, 6.45) is -5.92. The van der Waals surface area contributed by atoms with E-state index in [1.807, 2.05) is 0 Å². The molecular formula is C15H18F4N2O. The van der Waals surface area contributed by atoms with Crippen LogP contribution >= 0.6 is 0 Å². The number of hydrogen-bond donors (Lipinski definition) is 1. The molecule has 1 heterocycles. The molecule has 2 rings (SSSR count). The summed E-state index contributed by atoms with van der Waals surface area (Å²) < 4.78 is 52.1. The van der Waals surface area contributed by atoms with Crippen molar-refractivity contribution in [2.45, 2.75) is 12.3 Å². The lowest BCUT2D eigenvalue weighted by atomic mass is 10.1. The molecule has 22 heavy (non-hydrogen) atoms. The quantitative estimate of drug-likeness (QED) is 0.683. The molecule has 1 aromatic carbocycles. The highest BCUT2D eigenvalue weighted by molar-refractivity contribution is 5.51. The number of benzene rings is 1. The zero-order chi connectivity index (χ0) is 16.3. The van der Waals surface area contributed by atoms with E-state index in [0.29, 0.717) is 26.2 Å². The van der Waals surface area contributed by atoms with Crippen LogP contribution in [0.1, 0.15) is 11.7 Å². The van der Waals surface area contributed by atoms with E-state index >= 15 is 0 Å². The summed E-state index contributed by atoms with van der Waals surface area (Å²) in [6, 6.07) is 3.73. The maximum absolute atomic E-state index is 14.4. The Kier molecular flexibility index (Phi) is 5.08. The molecule has 1 aromatic rings. The van der Waals surface area contributed by atoms with Crippen LogP contribution in [0.5, 0.6) is 0 Å². The van der Waals surface area contributed by atoms with Gasteiger partial charge in [-0.25, -0.2) is 4.39 Å². The summed E-state index contributed by atoms with van der Waals surface area (Å²) in [5.74, 6) is -1.01. The van der Waals surface area contributed by atoms with Crippen LogP contribution < -0.4 is 4.90 Å². The number of nitrogens with zero attached hydrogens (tertiary/aromatic N) is 2. The van der Waals surface area contributed by atoms with E-state index in [2.05, 4.69) is 11.5 Å². The second-order valence-corrected chi connectivity index (χ2v) is 5.20. The van der Waals surface area contributed by atoms with Crippen molar-refractivity contribution in [1.29, 1.82) is 0 Å². The monoisotopic (exact) mass is 318 g/mol. The van der Waals surface area contributed by atoms with Crippen LogP contribution in [-0.2, 0) is 0 Å². The van der Waals surface area contributed by atoms with Crippen molar-refractivity contribution in [3.8, 4) is 0 Å². The van der Waals surface area contributed by atoms with Gasteiger partial charge in [0, 0.05) is 38.3 Å². The first-order valence-electron chi connectivity index (χ1n) is 6.96. The van der Waals surface area contributed by atoms with E-state index in [1.165, 1.54) is 12.1 Å². The zero-order valence-electron chi connectivity index (χ0n) is 12.0. The number of rotatable bonds is 4. The van der Waals surface area contributed by atoms with Gasteiger partial charge in [-0.15, -0.1) is 6.58 Å². The number of aliphatic hydroxyl groups is 1. The molecule has 1 N–H and O–H groups in total. The highest BCUT2D eigenvalue weighted by Gasteiger charge is 2.41. The molecule has 0 aromatic heterocycles. The second-order valence-electron chi connectivity index (χ2n) is 5.20. The first kappa shape index (κ1) is 16.8. The van der Waals surface area contributed by atoms with Crippen molar-refractivity contribution >= 4 is 5.69 Å². The van der Waals surface area contributed by atoms with Gasteiger partial charge in [-0.1, -0.05) is 18.2 Å². The SMILES string of the molecule is C=CCN1CCN(c2cccc(C(O)C(F)(F)F)c2F)CC1. The fourth-order valence-electron chi connectivity index (χ4n) is 2.52. The number of hydrogen-bond acceptors (Lipinski definition) is 3. The van der Waals surface area contributed by atoms with E-state index in [-0.39, 0.29) is 5.69 Å².